The Morgan fingerprint density at radius 2 is 1.40 bits per heavy atom. The lowest BCUT2D eigenvalue weighted by Gasteiger charge is -2.26. The van der Waals surface area contributed by atoms with Gasteiger partial charge in [-0.25, -0.2) is 0 Å². The summed E-state index contributed by atoms with van der Waals surface area (Å²) in [5.74, 6) is -5.09. The van der Waals surface area contributed by atoms with E-state index in [0.717, 1.165) is 12.8 Å². The number of esters is 2. The summed E-state index contributed by atoms with van der Waals surface area (Å²) in [7, 11) is 0. The van der Waals surface area contributed by atoms with Gasteiger partial charge in [-0.15, -0.1) is 0 Å². The zero-order valence-electron chi connectivity index (χ0n) is 10.3. The molecule has 0 atom stereocenters. The molecule has 1 saturated carbocycles. The molecule has 0 aromatic heterocycles. The van der Waals surface area contributed by atoms with Crippen molar-refractivity contribution in [2.45, 2.75) is 37.4 Å². The lowest BCUT2D eigenvalue weighted by molar-refractivity contribution is -0.203. The van der Waals surface area contributed by atoms with Gasteiger partial charge in [0.1, 0.15) is 12.8 Å². The molecule has 0 saturated heterocycles. The predicted octanol–water partition coefficient (Wildman–Crippen LogP) is 0.715. The molecule has 1 fully saturated rings. The zero-order chi connectivity index (χ0) is 15.3. The Bertz CT molecular complexity index is 398. The van der Waals surface area contributed by atoms with Crippen molar-refractivity contribution in [2.75, 3.05) is 0 Å². The third-order valence-electron chi connectivity index (χ3n) is 2.35. The van der Waals surface area contributed by atoms with Crippen LogP contribution in [-0.4, -0.2) is 39.3 Å². The molecule has 0 aliphatic heterocycles. The summed E-state index contributed by atoms with van der Waals surface area (Å²) in [6.45, 7) is 0. The van der Waals surface area contributed by atoms with Crippen molar-refractivity contribution in [3.8, 4) is 0 Å². The van der Waals surface area contributed by atoms with E-state index in [1.165, 1.54) is 0 Å². The molecule has 0 heterocycles. The Hall–Kier alpha value is -1.83. The third-order valence-corrected chi connectivity index (χ3v) is 2.66. The molecule has 1 aliphatic carbocycles. The molecule has 1 rings (SSSR count). The summed E-state index contributed by atoms with van der Waals surface area (Å²) < 4.78 is 9.32. The molecule has 0 unspecified atom stereocenters. The van der Waals surface area contributed by atoms with Gasteiger partial charge < -0.3 is 19.7 Å². The van der Waals surface area contributed by atoms with Crippen LogP contribution in [0, 0.1) is 5.92 Å². The molecule has 0 spiro atoms. The highest BCUT2D eigenvalue weighted by molar-refractivity contribution is 6.23. The highest BCUT2D eigenvalue weighted by Crippen LogP contribution is 2.40. The number of carboxylic acids is 2. The Labute approximate surface area is 118 Å². The number of rotatable bonds is 8. The SMILES string of the molecule is O=C(O)CC(=O)OC(Cl)(CC1CC1)OC(=O)CC(=O)O. The molecular formula is C11H13ClO8. The van der Waals surface area contributed by atoms with Crippen LogP contribution in [0.2, 0.25) is 0 Å². The number of halogens is 1. The third kappa shape index (κ3) is 6.37. The van der Waals surface area contributed by atoms with E-state index < -0.39 is 42.0 Å². The average molecular weight is 309 g/mol. The predicted molar refractivity (Wildman–Crippen MR) is 62.6 cm³/mol. The number of carbonyl (C=O) groups excluding carboxylic acids is 2. The van der Waals surface area contributed by atoms with Crippen LogP contribution >= 0.6 is 11.6 Å². The first-order valence-corrected chi connectivity index (χ1v) is 6.14. The molecule has 8 nitrogen and oxygen atoms in total. The second kappa shape index (κ2) is 6.56. The van der Waals surface area contributed by atoms with Crippen molar-refractivity contribution < 1.29 is 38.9 Å². The summed E-state index contributed by atoms with van der Waals surface area (Å²) in [6.07, 6.45) is -0.265. The van der Waals surface area contributed by atoms with Gasteiger partial charge in [0.25, 0.3) is 0 Å². The fraction of sp³-hybridized carbons (Fsp3) is 0.636. The second-order valence-electron chi connectivity index (χ2n) is 4.40. The minimum atomic E-state index is -2.15. The van der Waals surface area contributed by atoms with Crippen LogP contribution in [0.25, 0.3) is 0 Å². The summed E-state index contributed by atoms with van der Waals surface area (Å²) in [6, 6.07) is 0. The van der Waals surface area contributed by atoms with Gasteiger partial charge in [0.2, 0.25) is 0 Å². The van der Waals surface area contributed by atoms with E-state index in [4.69, 9.17) is 21.8 Å². The van der Waals surface area contributed by atoms with Gasteiger partial charge in [-0.05, 0) is 30.4 Å². The second-order valence-corrected chi connectivity index (χ2v) is 4.97. The van der Waals surface area contributed by atoms with Crippen molar-refractivity contribution in [3.63, 3.8) is 0 Å². The van der Waals surface area contributed by atoms with E-state index in [2.05, 4.69) is 9.47 Å². The first kappa shape index (κ1) is 16.2. The first-order valence-electron chi connectivity index (χ1n) is 5.76. The molecule has 0 aromatic rings. The molecular weight excluding hydrogens is 296 g/mol. The summed E-state index contributed by atoms with van der Waals surface area (Å²) in [5, 5.41) is 14.7. The van der Waals surface area contributed by atoms with E-state index in [9.17, 15) is 19.2 Å². The zero-order valence-corrected chi connectivity index (χ0v) is 11.1. The molecule has 1 aliphatic rings. The van der Waals surface area contributed by atoms with E-state index in [0.29, 0.717) is 0 Å². The number of hydrogen-bond acceptors (Lipinski definition) is 6. The van der Waals surface area contributed by atoms with Gasteiger partial charge >= 0.3 is 29.1 Å². The molecule has 20 heavy (non-hydrogen) atoms. The minimum absolute atomic E-state index is 0.00866. The van der Waals surface area contributed by atoms with Gasteiger partial charge in [0, 0.05) is 6.42 Å². The number of carbonyl (C=O) groups is 4. The lowest BCUT2D eigenvalue weighted by Crippen LogP contribution is -2.36. The quantitative estimate of drug-likeness (QED) is 0.290. The maximum absolute atomic E-state index is 11.3. The number of ether oxygens (including phenoxy) is 2. The van der Waals surface area contributed by atoms with Gasteiger partial charge in [-0.3, -0.25) is 19.2 Å². The molecule has 0 amide bonds. The van der Waals surface area contributed by atoms with E-state index in [1.807, 2.05) is 0 Å². The molecule has 2 N–H and O–H groups in total. The van der Waals surface area contributed by atoms with Crippen molar-refractivity contribution in [1.29, 1.82) is 0 Å². The first-order chi connectivity index (χ1) is 9.20. The summed E-state index contributed by atoms with van der Waals surface area (Å²) >= 11 is 5.86. The van der Waals surface area contributed by atoms with Crippen LogP contribution in [0.1, 0.15) is 32.1 Å². The summed E-state index contributed by atoms with van der Waals surface area (Å²) in [4.78, 5) is 43.3. The van der Waals surface area contributed by atoms with Crippen LogP contribution in [-0.2, 0) is 28.7 Å². The van der Waals surface area contributed by atoms with Crippen molar-refractivity contribution in [1.82, 2.24) is 0 Å². The molecule has 0 bridgehead atoms. The number of aliphatic carboxylic acids is 2. The van der Waals surface area contributed by atoms with Gasteiger partial charge in [-0.1, -0.05) is 0 Å². The largest absolute Gasteiger partial charge is 0.481 e. The monoisotopic (exact) mass is 308 g/mol. The Balaban J connectivity index is 2.64. The molecule has 9 heteroatoms. The van der Waals surface area contributed by atoms with E-state index >= 15 is 0 Å². The van der Waals surface area contributed by atoms with Gasteiger partial charge in [-0.2, -0.15) is 0 Å². The normalized spacial score (nSPS) is 14.4. The number of carboxylic acid groups (broad SMARTS) is 2. The minimum Gasteiger partial charge on any atom is -0.481 e. The lowest BCUT2D eigenvalue weighted by atomic mass is 10.3. The Kier molecular flexibility index (Phi) is 5.32. The Morgan fingerprint density at radius 1 is 1.00 bits per heavy atom. The number of alkyl halides is 1. The summed E-state index contributed by atoms with van der Waals surface area (Å²) in [5.41, 5.74) is 0. The fourth-order valence-corrected chi connectivity index (χ4v) is 1.82. The number of hydrogen-bond donors (Lipinski definition) is 2. The van der Waals surface area contributed by atoms with E-state index in [-0.39, 0.29) is 12.3 Å². The van der Waals surface area contributed by atoms with Crippen molar-refractivity contribution >= 4 is 35.5 Å². The standard InChI is InChI=1S/C11H13ClO8/c12-11(5-6-1-2-6,19-9(17)3-7(13)14)20-10(18)4-8(15)16/h6H,1-5H2,(H,13,14)(H,15,16). The van der Waals surface area contributed by atoms with Crippen LogP contribution in [0.4, 0.5) is 0 Å². The maximum atomic E-state index is 11.3. The highest BCUT2D eigenvalue weighted by Gasteiger charge is 2.42. The topological polar surface area (TPSA) is 127 Å². The average Bonchev–Trinajstić information content (AvgIpc) is 2.96. The molecule has 0 aromatic carbocycles. The Morgan fingerprint density at radius 3 is 1.70 bits per heavy atom. The van der Waals surface area contributed by atoms with Crippen LogP contribution in [0.5, 0.6) is 0 Å². The van der Waals surface area contributed by atoms with Crippen LogP contribution in [0.3, 0.4) is 0 Å². The highest BCUT2D eigenvalue weighted by atomic mass is 35.5. The van der Waals surface area contributed by atoms with E-state index in [1.54, 1.807) is 0 Å². The smallest absolute Gasteiger partial charge is 0.337 e. The van der Waals surface area contributed by atoms with Crippen molar-refractivity contribution in [2.24, 2.45) is 5.92 Å². The fourth-order valence-electron chi connectivity index (χ4n) is 1.43. The molecule has 112 valence electrons. The maximum Gasteiger partial charge on any atom is 0.337 e. The van der Waals surface area contributed by atoms with Crippen LogP contribution < -0.4 is 0 Å². The molecule has 0 radical (unpaired) electrons. The van der Waals surface area contributed by atoms with Gasteiger partial charge in [0.15, 0.2) is 0 Å². The van der Waals surface area contributed by atoms with Gasteiger partial charge in [0.05, 0.1) is 0 Å². The van der Waals surface area contributed by atoms with Crippen LogP contribution in [0.15, 0.2) is 0 Å². The van der Waals surface area contributed by atoms with Crippen molar-refractivity contribution in [3.05, 3.63) is 0 Å².